The molecular formula is C17H18N2O3. The number of nitrogens with zero attached hydrogens (tertiary/aromatic N) is 2. The van der Waals surface area contributed by atoms with E-state index in [0.29, 0.717) is 24.5 Å². The van der Waals surface area contributed by atoms with E-state index in [0.717, 1.165) is 5.56 Å². The number of phenolic OH excluding ortho intramolecular Hbond substituents is 1. The quantitative estimate of drug-likeness (QED) is 0.926. The van der Waals surface area contributed by atoms with Crippen molar-refractivity contribution in [1.29, 1.82) is 0 Å². The molecule has 0 saturated heterocycles. The van der Waals surface area contributed by atoms with Gasteiger partial charge in [-0.1, -0.05) is 36.4 Å². The Morgan fingerprint density at radius 3 is 2.68 bits per heavy atom. The van der Waals surface area contributed by atoms with E-state index in [4.69, 9.17) is 4.74 Å². The van der Waals surface area contributed by atoms with Gasteiger partial charge in [0.05, 0.1) is 5.69 Å². The molecule has 1 amide bonds. The maximum absolute atomic E-state index is 12.4. The van der Waals surface area contributed by atoms with E-state index < -0.39 is 6.09 Å². The van der Waals surface area contributed by atoms with E-state index in [1.54, 1.807) is 17.0 Å². The molecule has 5 heteroatoms. The number of anilines is 2. The molecule has 1 aliphatic rings. The number of amides is 1. The van der Waals surface area contributed by atoms with E-state index in [1.807, 2.05) is 48.3 Å². The second-order valence-electron chi connectivity index (χ2n) is 5.26. The molecule has 1 N–H and O–H groups in total. The van der Waals surface area contributed by atoms with Gasteiger partial charge in [0, 0.05) is 20.1 Å². The fourth-order valence-corrected chi connectivity index (χ4v) is 2.60. The van der Waals surface area contributed by atoms with Crippen molar-refractivity contribution in [2.45, 2.75) is 6.61 Å². The SMILES string of the molecule is CN1CCN(C(=O)OCc2ccccc2)c2cccc(O)c21. The number of fused-ring (bicyclic) bond motifs is 1. The first-order chi connectivity index (χ1) is 10.7. The Morgan fingerprint density at radius 2 is 1.91 bits per heavy atom. The molecule has 0 fully saturated rings. The minimum atomic E-state index is -0.399. The van der Waals surface area contributed by atoms with Gasteiger partial charge in [-0.2, -0.15) is 0 Å². The largest absolute Gasteiger partial charge is 0.506 e. The molecule has 0 spiro atoms. The summed E-state index contributed by atoms with van der Waals surface area (Å²) in [6.45, 7) is 1.41. The smallest absolute Gasteiger partial charge is 0.414 e. The molecule has 0 saturated carbocycles. The van der Waals surface area contributed by atoms with Crippen molar-refractivity contribution in [3.05, 3.63) is 54.1 Å². The van der Waals surface area contributed by atoms with Crippen LogP contribution < -0.4 is 9.80 Å². The first kappa shape index (κ1) is 14.3. The predicted octanol–water partition coefficient (Wildman–Crippen LogP) is 2.99. The van der Waals surface area contributed by atoms with Crippen molar-refractivity contribution in [1.82, 2.24) is 0 Å². The Hall–Kier alpha value is -2.69. The van der Waals surface area contributed by atoms with Crippen LogP contribution in [0.4, 0.5) is 16.2 Å². The van der Waals surface area contributed by atoms with Crippen LogP contribution in [0, 0.1) is 0 Å². The Kier molecular flexibility index (Phi) is 3.87. The average Bonchev–Trinajstić information content (AvgIpc) is 2.54. The minimum absolute atomic E-state index is 0.167. The zero-order chi connectivity index (χ0) is 15.5. The lowest BCUT2D eigenvalue weighted by atomic mass is 10.1. The fraction of sp³-hybridized carbons (Fsp3) is 0.235. The summed E-state index contributed by atoms with van der Waals surface area (Å²) < 4.78 is 5.39. The van der Waals surface area contributed by atoms with Crippen LogP contribution in [-0.4, -0.2) is 31.3 Å². The van der Waals surface area contributed by atoms with Crippen LogP contribution in [0.15, 0.2) is 48.5 Å². The summed E-state index contributed by atoms with van der Waals surface area (Å²) in [5.74, 6) is 0.167. The maximum Gasteiger partial charge on any atom is 0.414 e. The summed E-state index contributed by atoms with van der Waals surface area (Å²) in [6.07, 6.45) is -0.399. The summed E-state index contributed by atoms with van der Waals surface area (Å²) in [4.78, 5) is 15.9. The van der Waals surface area contributed by atoms with Crippen LogP contribution in [-0.2, 0) is 11.3 Å². The van der Waals surface area contributed by atoms with Crippen molar-refractivity contribution in [2.24, 2.45) is 0 Å². The third-order valence-electron chi connectivity index (χ3n) is 3.75. The van der Waals surface area contributed by atoms with E-state index in [2.05, 4.69) is 0 Å². The molecule has 0 aliphatic carbocycles. The van der Waals surface area contributed by atoms with E-state index in [1.165, 1.54) is 0 Å². The summed E-state index contributed by atoms with van der Waals surface area (Å²) >= 11 is 0. The molecule has 0 atom stereocenters. The lowest BCUT2D eigenvalue weighted by Crippen LogP contribution is -2.42. The zero-order valence-electron chi connectivity index (χ0n) is 12.4. The molecule has 0 aromatic heterocycles. The van der Waals surface area contributed by atoms with E-state index in [9.17, 15) is 9.90 Å². The highest BCUT2D eigenvalue weighted by Gasteiger charge is 2.28. The second kappa shape index (κ2) is 5.97. The van der Waals surface area contributed by atoms with Gasteiger partial charge < -0.3 is 14.7 Å². The minimum Gasteiger partial charge on any atom is -0.506 e. The highest BCUT2D eigenvalue weighted by atomic mass is 16.6. The Bertz CT molecular complexity index is 673. The number of carbonyl (C=O) groups is 1. The van der Waals surface area contributed by atoms with Crippen molar-refractivity contribution < 1.29 is 14.6 Å². The number of likely N-dealkylation sites (N-methyl/N-ethyl adjacent to an activating group) is 1. The molecule has 0 radical (unpaired) electrons. The molecule has 1 heterocycles. The van der Waals surface area contributed by atoms with Crippen molar-refractivity contribution in [3.8, 4) is 5.75 Å². The maximum atomic E-state index is 12.4. The van der Waals surface area contributed by atoms with Crippen molar-refractivity contribution >= 4 is 17.5 Å². The Morgan fingerprint density at radius 1 is 1.14 bits per heavy atom. The molecule has 114 valence electrons. The van der Waals surface area contributed by atoms with Gasteiger partial charge in [0.1, 0.15) is 18.0 Å². The molecule has 1 aliphatic heterocycles. The van der Waals surface area contributed by atoms with Crippen LogP contribution in [0.25, 0.3) is 0 Å². The normalized spacial score (nSPS) is 13.7. The number of ether oxygens (including phenoxy) is 1. The third-order valence-corrected chi connectivity index (χ3v) is 3.75. The van der Waals surface area contributed by atoms with Gasteiger partial charge in [0.2, 0.25) is 0 Å². The third kappa shape index (κ3) is 2.70. The lowest BCUT2D eigenvalue weighted by Gasteiger charge is -2.35. The number of hydrogen-bond donors (Lipinski definition) is 1. The van der Waals surface area contributed by atoms with Gasteiger partial charge in [-0.3, -0.25) is 4.90 Å². The standard InChI is InChI=1S/C17H18N2O3/c1-18-10-11-19(14-8-5-9-15(20)16(14)18)17(21)22-12-13-6-3-2-4-7-13/h2-9,20H,10-12H2,1H3. The number of para-hydroxylation sites is 1. The Balaban J connectivity index is 1.77. The first-order valence-electron chi connectivity index (χ1n) is 7.18. The number of aromatic hydroxyl groups is 1. The highest BCUT2D eigenvalue weighted by Crippen LogP contribution is 2.39. The van der Waals surface area contributed by atoms with Gasteiger partial charge >= 0.3 is 6.09 Å². The van der Waals surface area contributed by atoms with Crippen LogP contribution in [0.1, 0.15) is 5.56 Å². The molecule has 0 unspecified atom stereocenters. The summed E-state index contributed by atoms with van der Waals surface area (Å²) in [5, 5.41) is 10.0. The molecule has 22 heavy (non-hydrogen) atoms. The summed E-state index contributed by atoms with van der Waals surface area (Å²) in [5.41, 5.74) is 2.28. The molecule has 0 bridgehead atoms. The molecule has 2 aromatic rings. The summed E-state index contributed by atoms with van der Waals surface area (Å²) in [7, 11) is 1.89. The summed E-state index contributed by atoms with van der Waals surface area (Å²) in [6, 6.07) is 14.7. The molecular weight excluding hydrogens is 280 g/mol. The van der Waals surface area contributed by atoms with Gasteiger partial charge in [0.15, 0.2) is 0 Å². The van der Waals surface area contributed by atoms with Gasteiger partial charge in [-0.15, -0.1) is 0 Å². The van der Waals surface area contributed by atoms with Crippen LogP contribution in [0.5, 0.6) is 5.75 Å². The number of rotatable bonds is 2. The molecule has 5 nitrogen and oxygen atoms in total. The van der Waals surface area contributed by atoms with E-state index >= 15 is 0 Å². The number of hydrogen-bond acceptors (Lipinski definition) is 4. The van der Waals surface area contributed by atoms with Crippen molar-refractivity contribution in [2.75, 3.05) is 29.9 Å². The van der Waals surface area contributed by atoms with Crippen LogP contribution >= 0.6 is 0 Å². The highest BCUT2D eigenvalue weighted by molar-refractivity contribution is 5.95. The number of carbonyl (C=O) groups excluding carboxylic acids is 1. The predicted molar refractivity (Wildman–Crippen MR) is 85.3 cm³/mol. The topological polar surface area (TPSA) is 53.0 Å². The van der Waals surface area contributed by atoms with Crippen molar-refractivity contribution in [3.63, 3.8) is 0 Å². The van der Waals surface area contributed by atoms with Gasteiger partial charge in [0.25, 0.3) is 0 Å². The van der Waals surface area contributed by atoms with E-state index in [-0.39, 0.29) is 12.4 Å². The monoisotopic (exact) mass is 298 g/mol. The number of phenols is 1. The first-order valence-corrected chi connectivity index (χ1v) is 7.18. The lowest BCUT2D eigenvalue weighted by molar-refractivity contribution is 0.147. The second-order valence-corrected chi connectivity index (χ2v) is 5.26. The number of benzene rings is 2. The zero-order valence-corrected chi connectivity index (χ0v) is 12.4. The van der Waals surface area contributed by atoms with Gasteiger partial charge in [-0.25, -0.2) is 4.79 Å². The fourth-order valence-electron chi connectivity index (χ4n) is 2.60. The average molecular weight is 298 g/mol. The Labute approximate surface area is 129 Å². The van der Waals surface area contributed by atoms with Crippen LogP contribution in [0.2, 0.25) is 0 Å². The van der Waals surface area contributed by atoms with Gasteiger partial charge in [-0.05, 0) is 17.7 Å². The van der Waals surface area contributed by atoms with Crippen LogP contribution in [0.3, 0.4) is 0 Å². The molecule has 3 rings (SSSR count). The molecule has 2 aromatic carbocycles.